The second kappa shape index (κ2) is 8.09. The Hall–Kier alpha value is -3.12. The molecule has 0 spiro atoms. The van der Waals surface area contributed by atoms with Gasteiger partial charge in [-0.3, -0.25) is 9.59 Å². The third-order valence-corrected chi connectivity index (χ3v) is 5.42. The summed E-state index contributed by atoms with van der Waals surface area (Å²) in [5.74, 6) is -0.944. The third kappa shape index (κ3) is 3.63. The first-order valence-electron chi connectivity index (χ1n) is 9.69. The summed E-state index contributed by atoms with van der Waals surface area (Å²) in [6.45, 7) is 0.980. The van der Waals surface area contributed by atoms with Crippen molar-refractivity contribution < 1.29 is 24.2 Å². The monoisotopic (exact) mass is 393 g/mol. The van der Waals surface area contributed by atoms with Crippen LogP contribution in [0.25, 0.3) is 5.76 Å². The molecule has 2 aliphatic rings. The minimum Gasteiger partial charge on any atom is -0.507 e. The van der Waals surface area contributed by atoms with Crippen molar-refractivity contribution >= 4 is 17.4 Å². The molecule has 0 aliphatic carbocycles. The number of ether oxygens (including phenoxy) is 2. The molecule has 0 aromatic heterocycles. The molecule has 2 fully saturated rings. The van der Waals surface area contributed by atoms with Crippen molar-refractivity contribution in [2.45, 2.75) is 25.0 Å². The average molecular weight is 393 g/mol. The lowest BCUT2D eigenvalue weighted by Gasteiger charge is -2.27. The van der Waals surface area contributed by atoms with Crippen LogP contribution in [0.3, 0.4) is 0 Å². The predicted octanol–water partition coefficient (Wildman–Crippen LogP) is 3.30. The average Bonchev–Trinajstić information content (AvgIpc) is 3.36. The maximum absolute atomic E-state index is 13.0. The smallest absolute Gasteiger partial charge is 0.295 e. The maximum Gasteiger partial charge on any atom is 0.295 e. The number of aliphatic hydroxyl groups is 1. The summed E-state index contributed by atoms with van der Waals surface area (Å²) in [5.41, 5.74) is 1.29. The van der Waals surface area contributed by atoms with E-state index in [2.05, 4.69) is 0 Å². The minimum absolute atomic E-state index is 0.0902. The van der Waals surface area contributed by atoms with Crippen LogP contribution in [0.15, 0.2) is 60.2 Å². The van der Waals surface area contributed by atoms with Gasteiger partial charge in [-0.15, -0.1) is 0 Å². The number of carbonyl (C=O) groups excluding carboxylic acids is 2. The second-order valence-electron chi connectivity index (χ2n) is 7.23. The summed E-state index contributed by atoms with van der Waals surface area (Å²) in [6, 6.07) is 15.5. The zero-order chi connectivity index (χ0) is 20.4. The van der Waals surface area contributed by atoms with Gasteiger partial charge in [0.05, 0.1) is 24.8 Å². The first-order chi connectivity index (χ1) is 14.1. The van der Waals surface area contributed by atoms with Crippen LogP contribution >= 0.6 is 0 Å². The maximum atomic E-state index is 13.0. The van der Waals surface area contributed by atoms with Crippen molar-refractivity contribution in [1.29, 1.82) is 0 Å². The zero-order valence-corrected chi connectivity index (χ0v) is 16.2. The number of rotatable bonds is 5. The SMILES string of the molecule is COc1cccc(/C(O)=C2/C(=O)C(=O)N(CC3CCCO3)C2c2ccccc2)c1. The summed E-state index contributed by atoms with van der Waals surface area (Å²) in [4.78, 5) is 27.4. The third-order valence-electron chi connectivity index (χ3n) is 5.42. The fourth-order valence-corrected chi connectivity index (χ4v) is 3.98. The van der Waals surface area contributed by atoms with Crippen molar-refractivity contribution in [3.8, 4) is 5.75 Å². The number of ketones is 1. The number of hydrogen-bond donors (Lipinski definition) is 1. The van der Waals surface area contributed by atoms with E-state index in [-0.39, 0.29) is 17.4 Å². The van der Waals surface area contributed by atoms with Crippen molar-refractivity contribution in [1.82, 2.24) is 4.90 Å². The summed E-state index contributed by atoms with van der Waals surface area (Å²) in [6.07, 6.45) is 1.69. The van der Waals surface area contributed by atoms with Gasteiger partial charge in [0, 0.05) is 18.7 Å². The molecule has 2 unspecified atom stereocenters. The highest BCUT2D eigenvalue weighted by Crippen LogP contribution is 2.40. The van der Waals surface area contributed by atoms with Gasteiger partial charge >= 0.3 is 0 Å². The van der Waals surface area contributed by atoms with E-state index in [1.165, 1.54) is 12.0 Å². The molecule has 2 aliphatic heterocycles. The normalized spacial score (nSPS) is 23.6. The van der Waals surface area contributed by atoms with E-state index < -0.39 is 17.7 Å². The largest absolute Gasteiger partial charge is 0.507 e. The van der Waals surface area contributed by atoms with Crippen LogP contribution in [0.4, 0.5) is 0 Å². The number of aliphatic hydroxyl groups excluding tert-OH is 1. The van der Waals surface area contributed by atoms with E-state index in [1.807, 2.05) is 30.3 Å². The Morgan fingerprint density at radius 1 is 1.17 bits per heavy atom. The number of hydrogen-bond acceptors (Lipinski definition) is 5. The molecule has 0 radical (unpaired) electrons. The van der Waals surface area contributed by atoms with E-state index >= 15 is 0 Å². The second-order valence-corrected chi connectivity index (χ2v) is 7.23. The van der Waals surface area contributed by atoms with Crippen LogP contribution in [-0.2, 0) is 14.3 Å². The molecule has 2 heterocycles. The molecule has 0 bridgehead atoms. The number of likely N-dealkylation sites (tertiary alicyclic amines) is 1. The number of nitrogens with zero attached hydrogens (tertiary/aromatic N) is 1. The van der Waals surface area contributed by atoms with E-state index in [9.17, 15) is 14.7 Å². The Labute approximate surface area is 169 Å². The Morgan fingerprint density at radius 2 is 1.97 bits per heavy atom. The lowest BCUT2D eigenvalue weighted by molar-refractivity contribution is -0.140. The summed E-state index contributed by atoms with van der Waals surface area (Å²) >= 11 is 0. The van der Waals surface area contributed by atoms with Gasteiger partial charge in [0.1, 0.15) is 11.5 Å². The van der Waals surface area contributed by atoms with Gasteiger partial charge in [0.2, 0.25) is 0 Å². The molecule has 2 atom stereocenters. The standard InChI is InChI=1S/C23H23NO5/c1-28-17-10-5-9-16(13-17)21(25)19-20(15-7-3-2-4-8-15)24(23(27)22(19)26)14-18-11-6-12-29-18/h2-5,7-10,13,18,20,25H,6,11-12,14H2,1H3/b21-19-. The van der Waals surface area contributed by atoms with Gasteiger partial charge in [0.15, 0.2) is 0 Å². The van der Waals surface area contributed by atoms with E-state index in [0.29, 0.717) is 24.5 Å². The van der Waals surface area contributed by atoms with E-state index in [1.54, 1.807) is 24.3 Å². The predicted molar refractivity (Wildman–Crippen MR) is 107 cm³/mol. The first kappa shape index (κ1) is 19.2. The van der Waals surface area contributed by atoms with Gasteiger partial charge in [-0.25, -0.2) is 0 Å². The highest BCUT2D eigenvalue weighted by atomic mass is 16.5. The number of benzene rings is 2. The number of carbonyl (C=O) groups is 2. The summed E-state index contributed by atoms with van der Waals surface area (Å²) < 4.78 is 10.9. The number of methoxy groups -OCH3 is 1. The molecule has 1 N–H and O–H groups in total. The van der Waals surface area contributed by atoms with Crippen LogP contribution in [-0.4, -0.2) is 48.1 Å². The molecule has 0 saturated carbocycles. The molecule has 150 valence electrons. The molecule has 4 rings (SSSR count). The van der Waals surface area contributed by atoms with E-state index in [0.717, 1.165) is 18.4 Å². The van der Waals surface area contributed by atoms with Crippen LogP contribution in [0.2, 0.25) is 0 Å². The topological polar surface area (TPSA) is 76.1 Å². The highest BCUT2D eigenvalue weighted by molar-refractivity contribution is 6.46. The number of Topliss-reactive ketones (excluding diaryl/α,β-unsaturated/α-hetero) is 1. The fraction of sp³-hybridized carbons (Fsp3) is 0.304. The molecule has 1 amide bonds. The first-order valence-corrected chi connectivity index (χ1v) is 9.69. The van der Waals surface area contributed by atoms with Gasteiger partial charge in [-0.1, -0.05) is 42.5 Å². The lowest BCUT2D eigenvalue weighted by Crippen LogP contribution is -2.36. The molecular weight excluding hydrogens is 370 g/mol. The Bertz CT molecular complexity index is 947. The van der Waals surface area contributed by atoms with Crippen LogP contribution in [0.1, 0.15) is 30.0 Å². The van der Waals surface area contributed by atoms with Crippen molar-refractivity contribution in [3.63, 3.8) is 0 Å². The molecule has 29 heavy (non-hydrogen) atoms. The van der Waals surface area contributed by atoms with Crippen LogP contribution in [0, 0.1) is 0 Å². The summed E-state index contributed by atoms with van der Waals surface area (Å²) in [7, 11) is 1.53. The molecular formula is C23H23NO5. The number of amides is 1. The van der Waals surface area contributed by atoms with Crippen LogP contribution in [0.5, 0.6) is 5.75 Å². The zero-order valence-electron chi connectivity index (χ0n) is 16.2. The van der Waals surface area contributed by atoms with Crippen molar-refractivity contribution in [2.75, 3.05) is 20.3 Å². The Balaban J connectivity index is 1.81. The van der Waals surface area contributed by atoms with Gasteiger partial charge in [0.25, 0.3) is 11.7 Å². The quantitative estimate of drug-likeness (QED) is 0.479. The van der Waals surface area contributed by atoms with Gasteiger partial charge in [-0.2, -0.15) is 0 Å². The van der Waals surface area contributed by atoms with E-state index in [4.69, 9.17) is 9.47 Å². The molecule has 6 nitrogen and oxygen atoms in total. The van der Waals surface area contributed by atoms with Crippen molar-refractivity contribution in [2.24, 2.45) is 0 Å². The van der Waals surface area contributed by atoms with Gasteiger partial charge in [-0.05, 0) is 30.5 Å². The Morgan fingerprint density at radius 3 is 2.66 bits per heavy atom. The molecule has 2 saturated heterocycles. The van der Waals surface area contributed by atoms with Crippen LogP contribution < -0.4 is 4.74 Å². The van der Waals surface area contributed by atoms with Gasteiger partial charge < -0.3 is 19.5 Å². The van der Waals surface area contributed by atoms with Crippen molar-refractivity contribution in [3.05, 3.63) is 71.3 Å². The lowest BCUT2D eigenvalue weighted by atomic mass is 9.95. The fourth-order valence-electron chi connectivity index (χ4n) is 3.98. The molecule has 2 aromatic rings. The Kier molecular flexibility index (Phi) is 5.36. The molecule has 2 aromatic carbocycles. The summed E-state index contributed by atoms with van der Waals surface area (Å²) in [5, 5.41) is 11.0. The minimum atomic E-state index is -0.683. The molecule has 6 heteroatoms. The highest BCUT2D eigenvalue weighted by Gasteiger charge is 2.46.